The van der Waals surface area contributed by atoms with Crippen molar-refractivity contribution in [2.24, 2.45) is 0 Å². The van der Waals surface area contributed by atoms with Gasteiger partial charge >= 0.3 is 17.9 Å². The molecule has 216 valence electrons. The molecule has 5 atom stereocenters. The van der Waals surface area contributed by atoms with Gasteiger partial charge in [-0.3, -0.25) is 14.4 Å². The highest BCUT2D eigenvalue weighted by molar-refractivity contribution is 5.68. The Morgan fingerprint density at radius 3 is 1.41 bits per heavy atom. The van der Waals surface area contributed by atoms with Crippen molar-refractivity contribution in [1.29, 1.82) is 0 Å². The molecule has 0 amide bonds. The fourth-order valence-corrected chi connectivity index (χ4v) is 5.15. The van der Waals surface area contributed by atoms with E-state index in [-0.39, 0.29) is 6.61 Å². The Hall–Kier alpha value is -4.05. The molecule has 0 N–H and O–H groups in total. The van der Waals surface area contributed by atoms with Crippen LogP contribution in [0.1, 0.15) is 37.5 Å². The number of rotatable bonds is 10. The maximum absolute atomic E-state index is 12.2. The van der Waals surface area contributed by atoms with Crippen molar-refractivity contribution in [1.82, 2.24) is 0 Å². The molecule has 41 heavy (non-hydrogen) atoms. The van der Waals surface area contributed by atoms with Crippen LogP contribution in [0.5, 0.6) is 0 Å². The number of carbonyl (C=O) groups excluding carboxylic acids is 3. The third-order valence-corrected chi connectivity index (χ3v) is 6.73. The molecule has 9 heteroatoms. The van der Waals surface area contributed by atoms with Gasteiger partial charge in [0.25, 0.3) is 0 Å². The van der Waals surface area contributed by atoms with Crippen molar-refractivity contribution in [2.45, 2.75) is 57.1 Å². The zero-order chi connectivity index (χ0) is 29.4. The van der Waals surface area contributed by atoms with E-state index in [0.29, 0.717) is 0 Å². The van der Waals surface area contributed by atoms with Crippen LogP contribution in [0, 0.1) is 0 Å². The third kappa shape index (κ3) is 6.82. The van der Waals surface area contributed by atoms with Crippen LogP contribution in [0.2, 0.25) is 0 Å². The largest absolute Gasteiger partial charge is 0.456 e. The molecule has 1 aliphatic heterocycles. The first-order valence-corrected chi connectivity index (χ1v) is 13.3. The number of esters is 3. The van der Waals surface area contributed by atoms with E-state index >= 15 is 0 Å². The Bertz CT molecular complexity index is 1200. The van der Waals surface area contributed by atoms with E-state index < -0.39 is 54.2 Å². The Morgan fingerprint density at radius 2 is 1.02 bits per heavy atom. The van der Waals surface area contributed by atoms with Gasteiger partial charge in [0.2, 0.25) is 0 Å². The molecular weight excluding hydrogens is 528 g/mol. The number of carbonyl (C=O) groups is 3. The lowest BCUT2D eigenvalue weighted by Crippen LogP contribution is -2.63. The molecule has 4 rings (SSSR count). The van der Waals surface area contributed by atoms with E-state index in [1.807, 2.05) is 91.0 Å². The van der Waals surface area contributed by atoms with Crippen molar-refractivity contribution in [3.8, 4) is 0 Å². The summed E-state index contributed by atoms with van der Waals surface area (Å²) in [6.45, 7) is 3.53. The molecule has 0 radical (unpaired) electrons. The zero-order valence-electron chi connectivity index (χ0n) is 23.4. The van der Waals surface area contributed by atoms with Crippen LogP contribution >= 0.6 is 0 Å². The van der Waals surface area contributed by atoms with Crippen molar-refractivity contribution >= 4 is 17.9 Å². The van der Waals surface area contributed by atoms with Crippen molar-refractivity contribution in [3.63, 3.8) is 0 Å². The highest BCUT2D eigenvalue weighted by Gasteiger charge is 2.53. The fraction of sp³-hybridized carbons (Fsp3) is 0.344. The minimum Gasteiger partial charge on any atom is -0.456 e. The predicted octanol–water partition coefficient (Wildman–Crippen LogP) is 4.16. The van der Waals surface area contributed by atoms with Gasteiger partial charge in [0, 0.05) is 27.9 Å². The number of benzene rings is 3. The molecular formula is C32H34O9. The van der Waals surface area contributed by atoms with Crippen LogP contribution in [0.3, 0.4) is 0 Å². The average molecular weight is 563 g/mol. The molecule has 1 aliphatic rings. The van der Waals surface area contributed by atoms with Gasteiger partial charge in [-0.25, -0.2) is 0 Å². The summed E-state index contributed by atoms with van der Waals surface area (Å²) < 4.78 is 35.2. The lowest BCUT2D eigenvalue weighted by molar-refractivity contribution is -0.306. The van der Waals surface area contributed by atoms with Gasteiger partial charge < -0.3 is 28.4 Å². The van der Waals surface area contributed by atoms with Crippen LogP contribution in [-0.4, -0.2) is 62.3 Å². The lowest BCUT2D eigenvalue weighted by atomic mass is 9.80. The summed E-state index contributed by atoms with van der Waals surface area (Å²) in [5, 5.41) is 0. The van der Waals surface area contributed by atoms with Gasteiger partial charge in [-0.1, -0.05) is 91.0 Å². The van der Waals surface area contributed by atoms with Crippen molar-refractivity contribution in [3.05, 3.63) is 108 Å². The van der Waals surface area contributed by atoms with E-state index in [9.17, 15) is 14.4 Å². The topological polar surface area (TPSA) is 107 Å². The summed E-state index contributed by atoms with van der Waals surface area (Å²) in [5.74, 6) is -1.95. The first kappa shape index (κ1) is 29.9. The first-order chi connectivity index (χ1) is 19.8. The van der Waals surface area contributed by atoms with Crippen LogP contribution in [-0.2, 0) is 48.4 Å². The molecule has 3 aromatic carbocycles. The standard InChI is InChI=1S/C32H34O9/c1-21(33)38-28-27(41-31(36-4)30(40-23(3)35)29(28)39-22(2)34)20-37-32(24-14-8-5-9-15-24,25-16-10-6-11-17-25)26-18-12-7-13-19-26/h5-19,27-31H,20H2,1-4H3/t27-,28+,29+,30+,31-/m0/s1. The maximum atomic E-state index is 12.2. The Balaban J connectivity index is 1.80. The molecule has 1 heterocycles. The minimum atomic E-state index is -1.22. The monoisotopic (exact) mass is 562 g/mol. The summed E-state index contributed by atoms with van der Waals surface area (Å²) in [7, 11) is 1.37. The second-order valence-corrected chi connectivity index (χ2v) is 9.59. The molecule has 0 aliphatic carbocycles. The van der Waals surface area contributed by atoms with Crippen LogP contribution in [0.4, 0.5) is 0 Å². The molecule has 0 unspecified atom stereocenters. The summed E-state index contributed by atoms with van der Waals surface area (Å²) in [5.41, 5.74) is 1.47. The van der Waals surface area contributed by atoms with Crippen LogP contribution < -0.4 is 0 Å². The molecule has 0 spiro atoms. The van der Waals surface area contributed by atoms with Gasteiger partial charge in [0.05, 0.1) is 6.61 Å². The first-order valence-electron chi connectivity index (χ1n) is 13.3. The van der Waals surface area contributed by atoms with E-state index in [2.05, 4.69) is 0 Å². The SMILES string of the molecule is CO[C@H]1O[C@@H](COC(c2ccccc2)(c2ccccc2)c2ccccc2)[C@@H](OC(C)=O)[C@@H](OC(C)=O)[C@H]1OC(C)=O. The Morgan fingerprint density at radius 1 is 0.634 bits per heavy atom. The van der Waals surface area contributed by atoms with Crippen molar-refractivity contribution < 1.29 is 42.8 Å². The number of ether oxygens (including phenoxy) is 6. The zero-order valence-corrected chi connectivity index (χ0v) is 23.4. The van der Waals surface area contributed by atoms with E-state index in [1.54, 1.807) is 0 Å². The normalized spacial score (nSPS) is 22.4. The molecule has 0 aromatic heterocycles. The van der Waals surface area contributed by atoms with E-state index in [4.69, 9.17) is 28.4 Å². The second-order valence-electron chi connectivity index (χ2n) is 9.59. The molecule has 0 saturated carbocycles. The van der Waals surface area contributed by atoms with Gasteiger partial charge in [-0.05, 0) is 16.7 Å². The Kier molecular flexibility index (Phi) is 9.88. The smallest absolute Gasteiger partial charge is 0.303 e. The lowest BCUT2D eigenvalue weighted by Gasteiger charge is -2.45. The van der Waals surface area contributed by atoms with Crippen LogP contribution in [0.25, 0.3) is 0 Å². The summed E-state index contributed by atoms with van der Waals surface area (Å²) in [6, 6.07) is 29.2. The highest BCUT2D eigenvalue weighted by atomic mass is 16.7. The predicted molar refractivity (Wildman–Crippen MR) is 147 cm³/mol. The number of methoxy groups -OCH3 is 1. The summed E-state index contributed by atoms with van der Waals surface area (Å²) >= 11 is 0. The quantitative estimate of drug-likeness (QED) is 0.205. The fourth-order valence-electron chi connectivity index (χ4n) is 5.15. The molecule has 9 nitrogen and oxygen atoms in total. The average Bonchev–Trinajstić information content (AvgIpc) is 2.97. The molecule has 3 aromatic rings. The van der Waals surface area contributed by atoms with E-state index in [1.165, 1.54) is 27.9 Å². The summed E-state index contributed by atoms with van der Waals surface area (Å²) in [6.07, 6.45) is -5.69. The molecule has 1 saturated heterocycles. The van der Waals surface area contributed by atoms with Crippen molar-refractivity contribution in [2.75, 3.05) is 13.7 Å². The molecule has 0 bridgehead atoms. The number of hydrogen-bond acceptors (Lipinski definition) is 9. The summed E-state index contributed by atoms with van der Waals surface area (Å²) in [4.78, 5) is 36.3. The minimum absolute atomic E-state index is 0.124. The van der Waals surface area contributed by atoms with E-state index in [0.717, 1.165) is 16.7 Å². The van der Waals surface area contributed by atoms with Gasteiger partial charge in [-0.15, -0.1) is 0 Å². The van der Waals surface area contributed by atoms with Gasteiger partial charge in [0.1, 0.15) is 11.7 Å². The maximum Gasteiger partial charge on any atom is 0.303 e. The second kappa shape index (κ2) is 13.5. The molecule has 1 fully saturated rings. The highest BCUT2D eigenvalue weighted by Crippen LogP contribution is 2.41. The Labute approximate surface area is 239 Å². The number of hydrogen-bond donors (Lipinski definition) is 0. The van der Waals surface area contributed by atoms with Crippen LogP contribution in [0.15, 0.2) is 91.0 Å². The van der Waals surface area contributed by atoms with Gasteiger partial charge in [0.15, 0.2) is 24.6 Å². The van der Waals surface area contributed by atoms with Gasteiger partial charge in [-0.2, -0.15) is 0 Å². The third-order valence-electron chi connectivity index (χ3n) is 6.73.